The van der Waals surface area contributed by atoms with E-state index >= 15 is 0 Å². The van der Waals surface area contributed by atoms with Crippen molar-refractivity contribution in [3.05, 3.63) is 51.1 Å². The Bertz CT molecular complexity index is 532. The van der Waals surface area contributed by atoms with E-state index in [1.807, 2.05) is 12.1 Å². The topological polar surface area (TPSA) is 24.9 Å². The molecule has 1 heterocycles. The van der Waals surface area contributed by atoms with Crippen LogP contribution in [0.5, 0.6) is 0 Å². The molecule has 17 heavy (non-hydrogen) atoms. The molecule has 0 atom stereocenters. The van der Waals surface area contributed by atoms with Crippen LogP contribution in [-0.2, 0) is 0 Å². The fraction of sp³-hybridized carbons (Fsp3) is 0.154. The predicted molar refractivity (Wildman–Crippen MR) is 76.1 cm³/mol. The lowest BCUT2D eigenvalue weighted by atomic mass is 10.1. The number of aryl methyl sites for hydroxylation is 2. The van der Waals surface area contributed by atoms with Crippen molar-refractivity contribution in [1.82, 2.24) is 4.98 Å². The second kappa shape index (κ2) is 5.07. The maximum absolute atomic E-state index is 5.84. The first-order valence-electron chi connectivity index (χ1n) is 5.22. The van der Waals surface area contributed by atoms with E-state index in [0.717, 1.165) is 16.0 Å². The summed E-state index contributed by atoms with van der Waals surface area (Å²) < 4.78 is 1.14. The Morgan fingerprint density at radius 3 is 2.41 bits per heavy atom. The lowest BCUT2D eigenvalue weighted by Crippen LogP contribution is -1.95. The SMILES string of the molecule is Cc1cc(Nc2cccc(Cl)n2)cc(C)c1Br. The predicted octanol–water partition coefficient (Wildman–Crippen LogP) is 4.86. The van der Waals surface area contributed by atoms with Crippen molar-refractivity contribution in [2.45, 2.75) is 13.8 Å². The summed E-state index contributed by atoms with van der Waals surface area (Å²) in [7, 11) is 0. The maximum Gasteiger partial charge on any atom is 0.132 e. The van der Waals surface area contributed by atoms with Crippen molar-refractivity contribution in [2.75, 3.05) is 5.32 Å². The van der Waals surface area contributed by atoms with Gasteiger partial charge in [-0.15, -0.1) is 0 Å². The van der Waals surface area contributed by atoms with E-state index < -0.39 is 0 Å². The van der Waals surface area contributed by atoms with Crippen molar-refractivity contribution in [2.24, 2.45) is 0 Å². The molecule has 1 aromatic heterocycles. The minimum Gasteiger partial charge on any atom is -0.340 e. The quantitative estimate of drug-likeness (QED) is 0.801. The highest BCUT2D eigenvalue weighted by Crippen LogP contribution is 2.26. The van der Waals surface area contributed by atoms with Gasteiger partial charge in [0.15, 0.2) is 0 Å². The van der Waals surface area contributed by atoms with Crippen LogP contribution in [0, 0.1) is 13.8 Å². The van der Waals surface area contributed by atoms with Gasteiger partial charge in [-0.3, -0.25) is 0 Å². The number of nitrogens with one attached hydrogen (secondary N) is 1. The summed E-state index contributed by atoms with van der Waals surface area (Å²) in [4.78, 5) is 4.19. The van der Waals surface area contributed by atoms with Crippen LogP contribution in [0.1, 0.15) is 11.1 Å². The smallest absolute Gasteiger partial charge is 0.132 e. The van der Waals surface area contributed by atoms with Gasteiger partial charge in [-0.2, -0.15) is 0 Å². The van der Waals surface area contributed by atoms with Gasteiger partial charge >= 0.3 is 0 Å². The number of aromatic nitrogens is 1. The lowest BCUT2D eigenvalue weighted by Gasteiger charge is -2.10. The second-order valence-electron chi connectivity index (χ2n) is 3.89. The standard InChI is InChI=1S/C13H12BrClN2/c1-8-6-10(7-9(2)13(8)14)16-12-5-3-4-11(15)17-12/h3-7H,1-2H3,(H,16,17). The molecular formula is C13H12BrClN2. The summed E-state index contributed by atoms with van der Waals surface area (Å²) in [6, 6.07) is 9.65. The number of anilines is 2. The Balaban J connectivity index is 2.31. The molecule has 88 valence electrons. The zero-order valence-electron chi connectivity index (χ0n) is 9.59. The molecule has 0 aliphatic rings. The summed E-state index contributed by atoms with van der Waals surface area (Å²) in [5, 5.41) is 3.72. The van der Waals surface area contributed by atoms with Crippen LogP contribution < -0.4 is 5.32 Å². The van der Waals surface area contributed by atoms with Crippen LogP contribution in [-0.4, -0.2) is 4.98 Å². The highest BCUT2D eigenvalue weighted by Gasteiger charge is 2.03. The summed E-state index contributed by atoms with van der Waals surface area (Å²) in [6.45, 7) is 4.13. The molecule has 0 saturated carbocycles. The lowest BCUT2D eigenvalue weighted by molar-refractivity contribution is 1.29. The van der Waals surface area contributed by atoms with Crippen molar-refractivity contribution >= 4 is 39.0 Å². The number of hydrogen-bond acceptors (Lipinski definition) is 2. The highest BCUT2D eigenvalue weighted by molar-refractivity contribution is 9.10. The third kappa shape index (κ3) is 2.99. The molecule has 0 bridgehead atoms. The minimum absolute atomic E-state index is 0.487. The van der Waals surface area contributed by atoms with Crippen LogP contribution in [0.2, 0.25) is 5.15 Å². The van der Waals surface area contributed by atoms with Gasteiger partial charge in [0, 0.05) is 10.2 Å². The molecule has 1 N–H and O–H groups in total. The fourth-order valence-electron chi connectivity index (χ4n) is 1.64. The summed E-state index contributed by atoms with van der Waals surface area (Å²) in [5.74, 6) is 0.749. The molecule has 1 aromatic carbocycles. The van der Waals surface area contributed by atoms with E-state index in [-0.39, 0.29) is 0 Å². The van der Waals surface area contributed by atoms with Crippen molar-refractivity contribution < 1.29 is 0 Å². The molecule has 2 rings (SSSR count). The third-order valence-corrected chi connectivity index (χ3v) is 3.89. The van der Waals surface area contributed by atoms with Gasteiger partial charge in [-0.25, -0.2) is 4.98 Å². The van der Waals surface area contributed by atoms with Crippen LogP contribution in [0.4, 0.5) is 11.5 Å². The van der Waals surface area contributed by atoms with Gasteiger partial charge < -0.3 is 5.32 Å². The van der Waals surface area contributed by atoms with Crippen molar-refractivity contribution in [1.29, 1.82) is 0 Å². The Hall–Kier alpha value is -1.06. The first kappa shape index (κ1) is 12.4. The van der Waals surface area contributed by atoms with Gasteiger partial charge in [-0.1, -0.05) is 33.6 Å². The molecule has 0 radical (unpaired) electrons. The average molecular weight is 312 g/mol. The van der Waals surface area contributed by atoms with E-state index in [9.17, 15) is 0 Å². The monoisotopic (exact) mass is 310 g/mol. The van der Waals surface area contributed by atoms with Gasteiger partial charge in [0.2, 0.25) is 0 Å². The molecule has 0 aliphatic carbocycles. The van der Waals surface area contributed by atoms with Crippen LogP contribution in [0.15, 0.2) is 34.8 Å². The van der Waals surface area contributed by atoms with E-state index in [4.69, 9.17) is 11.6 Å². The van der Waals surface area contributed by atoms with Crippen LogP contribution in [0.3, 0.4) is 0 Å². The van der Waals surface area contributed by atoms with Gasteiger partial charge in [0.05, 0.1) is 0 Å². The Labute approximate surface area is 114 Å². The summed E-state index contributed by atoms with van der Waals surface area (Å²) in [5.41, 5.74) is 3.39. The molecule has 0 amide bonds. The van der Waals surface area contributed by atoms with E-state index in [1.165, 1.54) is 11.1 Å². The molecular weight excluding hydrogens is 300 g/mol. The number of nitrogens with zero attached hydrogens (tertiary/aromatic N) is 1. The number of hydrogen-bond donors (Lipinski definition) is 1. The molecule has 0 aliphatic heterocycles. The van der Waals surface area contributed by atoms with E-state index in [1.54, 1.807) is 6.07 Å². The number of pyridine rings is 1. The van der Waals surface area contributed by atoms with Gasteiger partial charge in [0.25, 0.3) is 0 Å². The van der Waals surface area contributed by atoms with Crippen molar-refractivity contribution in [3.8, 4) is 0 Å². The normalized spacial score (nSPS) is 10.4. The average Bonchev–Trinajstić information content (AvgIpc) is 2.26. The number of rotatable bonds is 2. The zero-order valence-corrected chi connectivity index (χ0v) is 11.9. The molecule has 0 unspecified atom stereocenters. The van der Waals surface area contributed by atoms with Gasteiger partial charge in [-0.05, 0) is 49.2 Å². The second-order valence-corrected chi connectivity index (χ2v) is 5.07. The summed E-state index contributed by atoms with van der Waals surface area (Å²) >= 11 is 9.39. The highest BCUT2D eigenvalue weighted by atomic mass is 79.9. The molecule has 0 spiro atoms. The number of halogens is 2. The Kier molecular flexibility index (Phi) is 3.69. The van der Waals surface area contributed by atoms with Gasteiger partial charge in [0.1, 0.15) is 11.0 Å². The molecule has 2 aromatic rings. The van der Waals surface area contributed by atoms with Crippen LogP contribution in [0.25, 0.3) is 0 Å². The first-order chi connectivity index (χ1) is 8.06. The number of benzene rings is 1. The molecule has 4 heteroatoms. The van der Waals surface area contributed by atoms with Crippen molar-refractivity contribution in [3.63, 3.8) is 0 Å². The first-order valence-corrected chi connectivity index (χ1v) is 6.39. The maximum atomic E-state index is 5.84. The molecule has 0 saturated heterocycles. The largest absolute Gasteiger partial charge is 0.340 e. The molecule has 0 fully saturated rings. The molecule has 2 nitrogen and oxygen atoms in total. The van der Waals surface area contributed by atoms with Crippen LogP contribution >= 0.6 is 27.5 Å². The minimum atomic E-state index is 0.487. The Morgan fingerprint density at radius 2 is 1.82 bits per heavy atom. The third-order valence-electron chi connectivity index (χ3n) is 2.42. The Morgan fingerprint density at radius 1 is 1.18 bits per heavy atom. The summed E-state index contributed by atoms with van der Waals surface area (Å²) in [6.07, 6.45) is 0. The van der Waals surface area contributed by atoms with E-state index in [2.05, 4.69) is 52.2 Å². The fourth-order valence-corrected chi connectivity index (χ4v) is 2.04. The van der Waals surface area contributed by atoms with E-state index in [0.29, 0.717) is 5.15 Å². The zero-order chi connectivity index (χ0) is 12.4.